The largest absolute Gasteiger partial charge is 0.383 e. The zero-order valence-electron chi connectivity index (χ0n) is 12.6. The molecule has 5 nitrogen and oxygen atoms in total. The highest BCUT2D eigenvalue weighted by Crippen LogP contribution is 2.19. The van der Waals surface area contributed by atoms with Crippen molar-refractivity contribution in [1.82, 2.24) is 15.3 Å². The third kappa shape index (κ3) is 4.53. The summed E-state index contributed by atoms with van der Waals surface area (Å²) in [5, 5.41) is 3.32. The number of hydrogen-bond donors (Lipinski definition) is 1. The lowest BCUT2D eigenvalue weighted by Gasteiger charge is -2.16. The van der Waals surface area contributed by atoms with Crippen molar-refractivity contribution in [2.75, 3.05) is 27.4 Å². The van der Waals surface area contributed by atoms with Crippen LogP contribution in [-0.2, 0) is 16.0 Å². The van der Waals surface area contributed by atoms with Gasteiger partial charge in [0.05, 0.1) is 6.61 Å². The van der Waals surface area contributed by atoms with Gasteiger partial charge in [0.25, 0.3) is 0 Å². The van der Waals surface area contributed by atoms with Crippen LogP contribution in [0.25, 0.3) is 0 Å². The Morgan fingerprint density at radius 2 is 1.79 bits per heavy atom. The van der Waals surface area contributed by atoms with E-state index in [1.807, 2.05) is 13.8 Å². The third-order valence-corrected chi connectivity index (χ3v) is 3.17. The van der Waals surface area contributed by atoms with E-state index in [1.165, 1.54) is 0 Å². The number of hydrogen-bond acceptors (Lipinski definition) is 5. The molecule has 1 unspecified atom stereocenters. The van der Waals surface area contributed by atoms with Gasteiger partial charge in [0.15, 0.2) is 5.82 Å². The fourth-order valence-electron chi connectivity index (χ4n) is 2.01. The van der Waals surface area contributed by atoms with Crippen molar-refractivity contribution in [3.63, 3.8) is 0 Å². The minimum Gasteiger partial charge on any atom is -0.383 e. The number of aryl methyl sites for hydroxylation is 2. The molecule has 0 bridgehead atoms. The van der Waals surface area contributed by atoms with Crippen LogP contribution >= 0.6 is 0 Å². The lowest BCUT2D eigenvalue weighted by Crippen LogP contribution is -2.21. The molecule has 1 atom stereocenters. The Morgan fingerprint density at radius 1 is 1.16 bits per heavy atom. The summed E-state index contributed by atoms with van der Waals surface area (Å²) in [6.45, 7) is 8.42. The Labute approximate surface area is 115 Å². The molecule has 0 aliphatic rings. The molecule has 0 amide bonds. The van der Waals surface area contributed by atoms with E-state index in [1.54, 1.807) is 14.2 Å². The molecule has 0 saturated carbocycles. The van der Waals surface area contributed by atoms with E-state index >= 15 is 0 Å². The average molecular weight is 267 g/mol. The van der Waals surface area contributed by atoms with Crippen molar-refractivity contribution in [1.29, 1.82) is 0 Å². The SMILES string of the molecule is CCC(OC)c1nc(C)c(CNCCOC)c(C)n1. The van der Waals surface area contributed by atoms with Crippen molar-refractivity contribution in [2.45, 2.75) is 39.8 Å². The first-order valence-corrected chi connectivity index (χ1v) is 6.70. The summed E-state index contributed by atoms with van der Waals surface area (Å²) in [7, 11) is 3.40. The number of nitrogens with one attached hydrogen (secondary N) is 1. The molecule has 1 aromatic rings. The Hall–Kier alpha value is -1.04. The van der Waals surface area contributed by atoms with Crippen LogP contribution in [0.1, 0.15) is 42.2 Å². The molecule has 1 N–H and O–H groups in total. The monoisotopic (exact) mass is 267 g/mol. The van der Waals surface area contributed by atoms with Crippen molar-refractivity contribution in [2.24, 2.45) is 0 Å². The van der Waals surface area contributed by atoms with Gasteiger partial charge in [-0.3, -0.25) is 0 Å². The minimum atomic E-state index is -0.0205. The summed E-state index contributed by atoms with van der Waals surface area (Å²) in [4.78, 5) is 9.14. The standard InChI is InChI=1S/C14H25N3O2/c1-6-13(19-5)14-16-10(2)12(11(3)17-14)9-15-7-8-18-4/h13,15H,6-9H2,1-5H3. The summed E-state index contributed by atoms with van der Waals surface area (Å²) >= 11 is 0. The quantitative estimate of drug-likeness (QED) is 0.729. The van der Waals surface area contributed by atoms with Gasteiger partial charge in [-0.2, -0.15) is 0 Å². The summed E-state index contributed by atoms with van der Waals surface area (Å²) in [5.41, 5.74) is 3.19. The number of ether oxygens (including phenoxy) is 2. The molecule has 1 heterocycles. The third-order valence-electron chi connectivity index (χ3n) is 3.17. The van der Waals surface area contributed by atoms with Crippen molar-refractivity contribution >= 4 is 0 Å². The molecule has 1 aromatic heterocycles. The van der Waals surface area contributed by atoms with E-state index in [9.17, 15) is 0 Å². The maximum absolute atomic E-state index is 5.39. The van der Waals surface area contributed by atoms with Gasteiger partial charge >= 0.3 is 0 Å². The van der Waals surface area contributed by atoms with E-state index < -0.39 is 0 Å². The molecular formula is C14H25N3O2. The van der Waals surface area contributed by atoms with E-state index in [0.717, 1.165) is 42.3 Å². The van der Waals surface area contributed by atoms with E-state index in [2.05, 4.69) is 22.2 Å². The van der Waals surface area contributed by atoms with Gasteiger partial charge in [0.1, 0.15) is 6.10 Å². The van der Waals surface area contributed by atoms with Crippen molar-refractivity contribution in [3.05, 3.63) is 22.8 Å². The zero-order valence-corrected chi connectivity index (χ0v) is 12.6. The van der Waals surface area contributed by atoms with Gasteiger partial charge in [-0.05, 0) is 20.3 Å². The Balaban J connectivity index is 2.79. The summed E-state index contributed by atoms with van der Waals surface area (Å²) in [6, 6.07) is 0. The first-order valence-electron chi connectivity index (χ1n) is 6.70. The number of methoxy groups -OCH3 is 2. The molecular weight excluding hydrogens is 242 g/mol. The topological polar surface area (TPSA) is 56.3 Å². The highest BCUT2D eigenvalue weighted by molar-refractivity contribution is 5.24. The lowest BCUT2D eigenvalue weighted by molar-refractivity contribution is 0.0922. The van der Waals surface area contributed by atoms with Crippen LogP contribution < -0.4 is 5.32 Å². The maximum Gasteiger partial charge on any atom is 0.157 e. The van der Waals surface area contributed by atoms with Gasteiger partial charge in [0.2, 0.25) is 0 Å². The van der Waals surface area contributed by atoms with E-state index in [0.29, 0.717) is 6.61 Å². The first-order chi connectivity index (χ1) is 9.13. The van der Waals surface area contributed by atoms with E-state index in [4.69, 9.17) is 9.47 Å². The van der Waals surface area contributed by atoms with Gasteiger partial charge < -0.3 is 14.8 Å². The molecule has 0 radical (unpaired) electrons. The second-order valence-electron chi connectivity index (χ2n) is 4.53. The van der Waals surface area contributed by atoms with Crippen LogP contribution in [0.3, 0.4) is 0 Å². The predicted molar refractivity (Wildman–Crippen MR) is 75.1 cm³/mol. The summed E-state index contributed by atoms with van der Waals surface area (Å²) in [5.74, 6) is 0.778. The number of nitrogens with zero attached hydrogens (tertiary/aromatic N) is 2. The Kier molecular flexibility index (Phi) is 6.91. The summed E-state index contributed by atoms with van der Waals surface area (Å²) in [6.07, 6.45) is 0.855. The zero-order chi connectivity index (χ0) is 14.3. The van der Waals surface area contributed by atoms with Crippen molar-refractivity contribution in [3.8, 4) is 0 Å². The van der Waals surface area contributed by atoms with Gasteiger partial charge in [-0.15, -0.1) is 0 Å². The lowest BCUT2D eigenvalue weighted by atomic mass is 10.1. The van der Waals surface area contributed by atoms with Crippen LogP contribution in [0, 0.1) is 13.8 Å². The van der Waals surface area contributed by atoms with Gasteiger partial charge in [-0.1, -0.05) is 6.92 Å². The van der Waals surface area contributed by atoms with Crippen LogP contribution in [0.2, 0.25) is 0 Å². The molecule has 0 aliphatic heterocycles. The average Bonchev–Trinajstić information content (AvgIpc) is 2.38. The van der Waals surface area contributed by atoms with Crippen LogP contribution in [-0.4, -0.2) is 37.3 Å². The fraction of sp³-hybridized carbons (Fsp3) is 0.714. The van der Waals surface area contributed by atoms with Gasteiger partial charge in [-0.25, -0.2) is 9.97 Å². The molecule has 19 heavy (non-hydrogen) atoms. The molecule has 5 heteroatoms. The van der Waals surface area contributed by atoms with Gasteiger partial charge in [0, 0.05) is 44.3 Å². The van der Waals surface area contributed by atoms with Crippen LogP contribution in [0.4, 0.5) is 0 Å². The van der Waals surface area contributed by atoms with Crippen molar-refractivity contribution < 1.29 is 9.47 Å². The maximum atomic E-state index is 5.39. The summed E-state index contributed by atoms with van der Waals surface area (Å²) < 4.78 is 10.4. The molecule has 108 valence electrons. The smallest absolute Gasteiger partial charge is 0.157 e. The normalized spacial score (nSPS) is 12.7. The molecule has 1 rings (SSSR count). The highest BCUT2D eigenvalue weighted by Gasteiger charge is 2.15. The van der Waals surface area contributed by atoms with Crippen LogP contribution in [0.15, 0.2) is 0 Å². The highest BCUT2D eigenvalue weighted by atomic mass is 16.5. The fourth-order valence-corrected chi connectivity index (χ4v) is 2.01. The second kappa shape index (κ2) is 8.19. The number of rotatable bonds is 8. The predicted octanol–water partition coefficient (Wildman–Crippen LogP) is 1.93. The molecule has 0 spiro atoms. The number of aromatic nitrogens is 2. The van der Waals surface area contributed by atoms with E-state index in [-0.39, 0.29) is 6.10 Å². The first kappa shape index (κ1) is 16.0. The minimum absolute atomic E-state index is 0.0205. The Bertz CT molecular complexity index is 369. The molecule has 0 fully saturated rings. The molecule has 0 aliphatic carbocycles. The Morgan fingerprint density at radius 3 is 2.26 bits per heavy atom. The molecule has 0 aromatic carbocycles. The second-order valence-corrected chi connectivity index (χ2v) is 4.53. The molecule has 0 saturated heterocycles. The van der Waals surface area contributed by atoms with Crippen LogP contribution in [0.5, 0.6) is 0 Å².